The van der Waals surface area contributed by atoms with Gasteiger partial charge in [0.25, 0.3) is 5.91 Å². The number of carbonyl (C=O) groups is 5. The predicted octanol–water partition coefficient (Wildman–Crippen LogP) is 2.02. The summed E-state index contributed by atoms with van der Waals surface area (Å²) in [7, 11) is 0. The van der Waals surface area contributed by atoms with E-state index in [0.717, 1.165) is 64.2 Å². The van der Waals surface area contributed by atoms with Crippen molar-refractivity contribution in [2.75, 3.05) is 0 Å². The molecule has 1 heterocycles. The van der Waals surface area contributed by atoms with Crippen LogP contribution in [0.25, 0.3) is 0 Å². The van der Waals surface area contributed by atoms with Crippen molar-refractivity contribution in [2.45, 2.75) is 90.5 Å². The van der Waals surface area contributed by atoms with Gasteiger partial charge in [0.15, 0.2) is 0 Å². The summed E-state index contributed by atoms with van der Waals surface area (Å²) in [6.07, 6.45) is 9.20. The molecule has 0 spiro atoms. The minimum Gasteiger partial charge on any atom is -0.345 e. The van der Waals surface area contributed by atoms with Gasteiger partial charge in [-0.1, -0.05) is 52.4 Å². The van der Waals surface area contributed by atoms with Crippen LogP contribution in [0.1, 0.15) is 84.5 Å². The smallest absolute Gasteiger partial charge is 0.308 e. The van der Waals surface area contributed by atoms with E-state index in [4.69, 9.17) is 0 Å². The first-order chi connectivity index (χ1) is 14.2. The summed E-state index contributed by atoms with van der Waals surface area (Å²) in [5, 5.41) is 3.52. The Kier molecular flexibility index (Phi) is 6.93. The number of carbonyl (C=O) groups excluding carboxylic acids is 5. The second-order valence-corrected chi connectivity index (χ2v) is 9.62. The summed E-state index contributed by atoms with van der Waals surface area (Å²) < 4.78 is 0. The number of hydrogen-bond donors (Lipinski definition) is 2. The fourth-order valence-corrected chi connectivity index (χ4v) is 4.86. The van der Waals surface area contributed by atoms with Gasteiger partial charge in [-0.25, -0.2) is 0 Å². The van der Waals surface area contributed by atoms with Crippen molar-refractivity contribution in [1.29, 1.82) is 0 Å². The Labute approximate surface area is 177 Å². The summed E-state index contributed by atoms with van der Waals surface area (Å²) in [5.74, 6) is -3.26. The van der Waals surface area contributed by atoms with Crippen LogP contribution in [0.4, 0.5) is 0 Å². The summed E-state index contributed by atoms with van der Waals surface area (Å²) in [4.78, 5) is 63.0. The number of imide groups is 1. The van der Waals surface area contributed by atoms with Crippen LogP contribution in [-0.2, 0) is 24.0 Å². The van der Waals surface area contributed by atoms with E-state index in [1.807, 2.05) is 0 Å². The van der Waals surface area contributed by atoms with Crippen LogP contribution in [0, 0.1) is 17.3 Å². The number of hydrogen-bond acceptors (Lipinski definition) is 5. The molecule has 2 saturated carbocycles. The topological polar surface area (TPSA) is 113 Å². The standard InChI is InChI=1S/C22H33N3O5/c1-22(2)13-16(26)25(21(22)30)24-20(29)18(27)17(14-9-5-3-6-10-14)23-19(28)15-11-7-4-8-12-15/h14-15,17H,3-13H2,1-2H3,(H,23,28)(H,24,29). The minimum absolute atomic E-state index is 0.0230. The van der Waals surface area contributed by atoms with E-state index in [1.54, 1.807) is 13.8 Å². The van der Waals surface area contributed by atoms with E-state index in [1.165, 1.54) is 0 Å². The average Bonchev–Trinajstić information content (AvgIpc) is 2.94. The van der Waals surface area contributed by atoms with E-state index in [2.05, 4.69) is 10.7 Å². The molecule has 8 nitrogen and oxygen atoms in total. The minimum atomic E-state index is -1.02. The average molecular weight is 420 g/mol. The van der Waals surface area contributed by atoms with E-state index in [9.17, 15) is 24.0 Å². The summed E-state index contributed by atoms with van der Waals surface area (Å²) in [6.45, 7) is 3.24. The highest BCUT2D eigenvalue weighted by molar-refractivity contribution is 6.39. The van der Waals surface area contributed by atoms with Crippen LogP contribution in [-0.4, -0.2) is 40.5 Å². The number of Topliss-reactive ketones (excluding diaryl/α,β-unsaturated/α-hetero) is 1. The molecule has 2 N–H and O–H groups in total. The number of amides is 4. The maximum Gasteiger partial charge on any atom is 0.308 e. The second kappa shape index (κ2) is 9.27. The zero-order valence-corrected chi connectivity index (χ0v) is 18.0. The van der Waals surface area contributed by atoms with Gasteiger partial charge in [-0.05, 0) is 31.6 Å². The maximum atomic E-state index is 13.0. The van der Waals surface area contributed by atoms with Crippen molar-refractivity contribution in [3.05, 3.63) is 0 Å². The van der Waals surface area contributed by atoms with Crippen molar-refractivity contribution >= 4 is 29.4 Å². The Bertz CT molecular complexity index is 720. The third-order valence-corrected chi connectivity index (χ3v) is 6.74. The number of nitrogens with one attached hydrogen (secondary N) is 2. The van der Waals surface area contributed by atoms with Gasteiger partial charge in [-0.2, -0.15) is 5.01 Å². The van der Waals surface area contributed by atoms with Crippen LogP contribution in [0.2, 0.25) is 0 Å². The molecule has 166 valence electrons. The fourth-order valence-electron chi connectivity index (χ4n) is 4.86. The third kappa shape index (κ3) is 4.90. The lowest BCUT2D eigenvalue weighted by Crippen LogP contribution is -2.56. The van der Waals surface area contributed by atoms with Crippen molar-refractivity contribution in [1.82, 2.24) is 15.8 Å². The lowest BCUT2D eigenvalue weighted by molar-refractivity contribution is -0.153. The molecule has 1 saturated heterocycles. The van der Waals surface area contributed by atoms with Gasteiger partial charge in [0.1, 0.15) is 6.04 Å². The van der Waals surface area contributed by atoms with Gasteiger partial charge in [-0.15, -0.1) is 0 Å². The Balaban J connectivity index is 1.70. The van der Waals surface area contributed by atoms with Crippen molar-refractivity contribution in [2.24, 2.45) is 17.3 Å². The highest BCUT2D eigenvalue weighted by atomic mass is 16.2. The maximum absolute atomic E-state index is 13.0. The normalized spacial score (nSPS) is 23.9. The third-order valence-electron chi connectivity index (χ3n) is 6.74. The van der Waals surface area contributed by atoms with Gasteiger partial charge in [-0.3, -0.25) is 29.4 Å². The molecule has 30 heavy (non-hydrogen) atoms. The molecule has 3 aliphatic rings. The molecule has 0 aromatic carbocycles. The van der Waals surface area contributed by atoms with E-state index in [-0.39, 0.29) is 24.2 Å². The monoisotopic (exact) mass is 419 g/mol. The molecule has 0 radical (unpaired) electrons. The molecule has 3 rings (SSSR count). The first-order valence-electron chi connectivity index (χ1n) is 11.2. The van der Waals surface area contributed by atoms with Crippen LogP contribution < -0.4 is 10.7 Å². The SMILES string of the molecule is CC1(C)CC(=O)N(NC(=O)C(=O)C(NC(=O)C2CCCCC2)C2CCCCC2)C1=O. The molecular formula is C22H33N3O5. The fraction of sp³-hybridized carbons (Fsp3) is 0.773. The van der Waals surface area contributed by atoms with E-state index < -0.39 is 35.0 Å². The predicted molar refractivity (Wildman–Crippen MR) is 108 cm³/mol. The highest BCUT2D eigenvalue weighted by Gasteiger charge is 2.47. The lowest BCUT2D eigenvalue weighted by atomic mass is 9.81. The Morgan fingerprint density at radius 2 is 1.50 bits per heavy atom. The van der Waals surface area contributed by atoms with Crippen LogP contribution in [0.15, 0.2) is 0 Å². The molecule has 1 atom stereocenters. The molecule has 3 fully saturated rings. The van der Waals surface area contributed by atoms with Crippen LogP contribution in [0.5, 0.6) is 0 Å². The molecule has 4 amide bonds. The van der Waals surface area contributed by atoms with E-state index in [0.29, 0.717) is 5.01 Å². The Morgan fingerprint density at radius 3 is 2.03 bits per heavy atom. The summed E-state index contributed by atoms with van der Waals surface area (Å²) >= 11 is 0. The molecule has 2 aliphatic carbocycles. The Morgan fingerprint density at radius 1 is 0.933 bits per heavy atom. The number of hydrazine groups is 1. The summed E-state index contributed by atoms with van der Waals surface area (Å²) in [5.41, 5.74) is 1.29. The number of ketones is 1. The number of nitrogens with zero attached hydrogens (tertiary/aromatic N) is 1. The molecule has 0 aromatic heterocycles. The van der Waals surface area contributed by atoms with Crippen LogP contribution in [0.3, 0.4) is 0 Å². The van der Waals surface area contributed by atoms with Crippen molar-refractivity contribution < 1.29 is 24.0 Å². The molecule has 1 unspecified atom stereocenters. The van der Waals surface area contributed by atoms with E-state index >= 15 is 0 Å². The van der Waals surface area contributed by atoms with Gasteiger partial charge >= 0.3 is 5.91 Å². The quantitative estimate of drug-likeness (QED) is 0.505. The zero-order valence-electron chi connectivity index (χ0n) is 18.0. The van der Waals surface area contributed by atoms with Crippen molar-refractivity contribution in [3.63, 3.8) is 0 Å². The molecule has 0 aromatic rings. The Hall–Kier alpha value is -2.25. The molecular weight excluding hydrogens is 386 g/mol. The van der Waals surface area contributed by atoms with Crippen molar-refractivity contribution in [3.8, 4) is 0 Å². The number of rotatable bonds is 6. The zero-order chi connectivity index (χ0) is 21.9. The first-order valence-corrected chi connectivity index (χ1v) is 11.2. The molecule has 0 bridgehead atoms. The van der Waals surface area contributed by atoms with Gasteiger partial charge in [0.2, 0.25) is 17.6 Å². The largest absolute Gasteiger partial charge is 0.345 e. The highest BCUT2D eigenvalue weighted by Crippen LogP contribution is 2.31. The first kappa shape index (κ1) is 22.4. The summed E-state index contributed by atoms with van der Waals surface area (Å²) in [6, 6.07) is -0.916. The van der Waals surface area contributed by atoms with Gasteiger partial charge in [0.05, 0.1) is 5.41 Å². The lowest BCUT2D eigenvalue weighted by Gasteiger charge is -2.31. The molecule has 8 heteroatoms. The van der Waals surface area contributed by atoms with Gasteiger partial charge in [0, 0.05) is 12.3 Å². The van der Waals surface area contributed by atoms with Crippen LogP contribution >= 0.6 is 0 Å². The molecule has 1 aliphatic heterocycles. The van der Waals surface area contributed by atoms with Gasteiger partial charge < -0.3 is 5.32 Å². The second-order valence-electron chi connectivity index (χ2n) is 9.62.